The van der Waals surface area contributed by atoms with E-state index in [-0.39, 0.29) is 18.2 Å². The molecule has 0 atom stereocenters. The number of hydrogen-bond donors (Lipinski definition) is 2. The van der Waals surface area contributed by atoms with Crippen molar-refractivity contribution in [2.45, 2.75) is 13.1 Å². The average Bonchev–Trinajstić information content (AvgIpc) is 2.86. The minimum absolute atomic E-state index is 0.252. The fourth-order valence-electron chi connectivity index (χ4n) is 1.51. The number of amides is 1. The van der Waals surface area contributed by atoms with Crippen molar-refractivity contribution in [1.29, 1.82) is 0 Å². The molecule has 1 aromatic heterocycles. The SMILES string of the molecule is NCc1ccc(C(=O)NCc2ccccc2Cl)o1. The summed E-state index contributed by atoms with van der Waals surface area (Å²) in [5, 5.41) is 3.36. The van der Waals surface area contributed by atoms with E-state index >= 15 is 0 Å². The predicted molar refractivity (Wildman–Crippen MR) is 69.2 cm³/mol. The largest absolute Gasteiger partial charge is 0.455 e. The van der Waals surface area contributed by atoms with Crippen molar-refractivity contribution in [3.8, 4) is 0 Å². The molecule has 2 aromatic rings. The third-order valence-corrected chi connectivity index (χ3v) is 2.85. The lowest BCUT2D eigenvalue weighted by atomic mass is 10.2. The van der Waals surface area contributed by atoms with E-state index < -0.39 is 0 Å². The van der Waals surface area contributed by atoms with Gasteiger partial charge in [0, 0.05) is 11.6 Å². The summed E-state index contributed by atoms with van der Waals surface area (Å²) in [4.78, 5) is 11.8. The molecule has 0 unspecified atom stereocenters. The summed E-state index contributed by atoms with van der Waals surface area (Å²) in [6.45, 7) is 0.634. The summed E-state index contributed by atoms with van der Waals surface area (Å²) < 4.78 is 5.24. The first kappa shape index (κ1) is 12.7. The number of furan rings is 1. The van der Waals surface area contributed by atoms with Gasteiger partial charge in [-0.1, -0.05) is 29.8 Å². The van der Waals surface area contributed by atoms with E-state index in [9.17, 15) is 4.79 Å². The van der Waals surface area contributed by atoms with E-state index in [1.807, 2.05) is 18.2 Å². The Morgan fingerprint density at radius 2 is 2.06 bits per heavy atom. The van der Waals surface area contributed by atoms with Crippen LogP contribution in [0.15, 0.2) is 40.8 Å². The monoisotopic (exact) mass is 264 g/mol. The topological polar surface area (TPSA) is 68.3 Å². The molecule has 2 rings (SSSR count). The van der Waals surface area contributed by atoms with Gasteiger partial charge in [-0.3, -0.25) is 4.79 Å². The zero-order valence-corrected chi connectivity index (χ0v) is 10.4. The Labute approximate surface area is 110 Å². The van der Waals surface area contributed by atoms with Crippen LogP contribution in [-0.2, 0) is 13.1 Å². The van der Waals surface area contributed by atoms with Crippen molar-refractivity contribution < 1.29 is 9.21 Å². The second-order valence-electron chi connectivity index (χ2n) is 3.74. The fourth-order valence-corrected chi connectivity index (χ4v) is 1.72. The zero-order valence-electron chi connectivity index (χ0n) is 9.65. The van der Waals surface area contributed by atoms with Gasteiger partial charge in [0.05, 0.1) is 6.54 Å². The molecular formula is C13H13ClN2O2. The predicted octanol–water partition coefficient (Wildman–Crippen LogP) is 2.32. The highest BCUT2D eigenvalue weighted by Gasteiger charge is 2.10. The molecule has 0 radical (unpaired) electrons. The Morgan fingerprint density at radius 3 is 2.72 bits per heavy atom. The number of carbonyl (C=O) groups excluding carboxylic acids is 1. The molecule has 0 fully saturated rings. The molecule has 1 aromatic carbocycles. The number of rotatable bonds is 4. The third kappa shape index (κ3) is 2.91. The van der Waals surface area contributed by atoms with Gasteiger partial charge in [0.1, 0.15) is 5.76 Å². The van der Waals surface area contributed by atoms with Gasteiger partial charge in [0.15, 0.2) is 5.76 Å². The lowest BCUT2D eigenvalue weighted by Gasteiger charge is -2.05. The van der Waals surface area contributed by atoms with Gasteiger partial charge < -0.3 is 15.5 Å². The molecule has 0 saturated carbocycles. The number of nitrogens with two attached hydrogens (primary N) is 1. The van der Waals surface area contributed by atoms with Crippen LogP contribution in [0.1, 0.15) is 21.9 Å². The molecule has 3 N–H and O–H groups in total. The molecule has 4 nitrogen and oxygen atoms in total. The van der Waals surface area contributed by atoms with Crippen LogP contribution in [0, 0.1) is 0 Å². The van der Waals surface area contributed by atoms with Crippen molar-refractivity contribution >= 4 is 17.5 Å². The van der Waals surface area contributed by atoms with E-state index in [0.717, 1.165) is 5.56 Å². The van der Waals surface area contributed by atoms with E-state index in [1.54, 1.807) is 18.2 Å². The molecule has 5 heteroatoms. The lowest BCUT2D eigenvalue weighted by molar-refractivity contribution is 0.0921. The minimum Gasteiger partial charge on any atom is -0.455 e. The van der Waals surface area contributed by atoms with Crippen LogP contribution in [0.3, 0.4) is 0 Å². The Hall–Kier alpha value is -1.78. The van der Waals surface area contributed by atoms with Gasteiger partial charge in [0.2, 0.25) is 0 Å². The molecular weight excluding hydrogens is 252 g/mol. The maximum Gasteiger partial charge on any atom is 0.287 e. The molecule has 0 bridgehead atoms. The summed E-state index contributed by atoms with van der Waals surface area (Å²) in [6, 6.07) is 10.6. The molecule has 0 saturated heterocycles. The Balaban J connectivity index is 1.98. The van der Waals surface area contributed by atoms with Gasteiger partial charge >= 0.3 is 0 Å². The number of carbonyl (C=O) groups is 1. The lowest BCUT2D eigenvalue weighted by Crippen LogP contribution is -2.22. The molecule has 94 valence electrons. The Bertz CT molecular complexity index is 551. The average molecular weight is 265 g/mol. The fraction of sp³-hybridized carbons (Fsp3) is 0.154. The zero-order chi connectivity index (χ0) is 13.0. The first-order valence-electron chi connectivity index (χ1n) is 5.51. The van der Waals surface area contributed by atoms with Crippen LogP contribution in [0.4, 0.5) is 0 Å². The maximum absolute atomic E-state index is 11.8. The molecule has 18 heavy (non-hydrogen) atoms. The van der Waals surface area contributed by atoms with Crippen LogP contribution in [-0.4, -0.2) is 5.91 Å². The summed E-state index contributed by atoms with van der Waals surface area (Å²) in [5.41, 5.74) is 6.26. The molecule has 1 heterocycles. The smallest absolute Gasteiger partial charge is 0.287 e. The molecule has 0 aliphatic rings. The Kier molecular flexibility index (Phi) is 4.02. The standard InChI is InChI=1S/C13H13ClN2O2/c14-11-4-2-1-3-9(11)8-16-13(17)12-6-5-10(7-15)18-12/h1-6H,7-8,15H2,(H,16,17). The van der Waals surface area contributed by atoms with Crippen LogP contribution in [0.25, 0.3) is 0 Å². The van der Waals surface area contributed by atoms with E-state index in [0.29, 0.717) is 17.3 Å². The first-order valence-corrected chi connectivity index (χ1v) is 5.89. The van der Waals surface area contributed by atoms with Crippen molar-refractivity contribution in [2.75, 3.05) is 0 Å². The number of halogens is 1. The van der Waals surface area contributed by atoms with Crippen LogP contribution < -0.4 is 11.1 Å². The number of nitrogens with one attached hydrogen (secondary N) is 1. The Morgan fingerprint density at radius 1 is 1.28 bits per heavy atom. The van der Waals surface area contributed by atoms with Crippen LogP contribution in [0.2, 0.25) is 5.02 Å². The van der Waals surface area contributed by atoms with Gasteiger partial charge in [0.25, 0.3) is 5.91 Å². The summed E-state index contributed by atoms with van der Waals surface area (Å²) in [7, 11) is 0. The quantitative estimate of drug-likeness (QED) is 0.890. The van der Waals surface area contributed by atoms with Gasteiger partial charge in [-0.15, -0.1) is 0 Å². The van der Waals surface area contributed by atoms with E-state index in [2.05, 4.69) is 5.32 Å². The number of benzene rings is 1. The van der Waals surface area contributed by atoms with Crippen molar-refractivity contribution in [3.63, 3.8) is 0 Å². The molecule has 0 spiro atoms. The summed E-state index contributed by atoms with van der Waals surface area (Å²) in [6.07, 6.45) is 0. The second kappa shape index (κ2) is 5.71. The summed E-state index contributed by atoms with van der Waals surface area (Å²) >= 11 is 5.99. The first-order chi connectivity index (χ1) is 8.70. The molecule has 1 amide bonds. The third-order valence-electron chi connectivity index (χ3n) is 2.48. The van der Waals surface area contributed by atoms with Crippen LogP contribution in [0.5, 0.6) is 0 Å². The number of hydrogen-bond acceptors (Lipinski definition) is 3. The van der Waals surface area contributed by atoms with Gasteiger partial charge in [-0.05, 0) is 23.8 Å². The van der Waals surface area contributed by atoms with E-state index in [1.165, 1.54) is 0 Å². The molecule has 0 aliphatic heterocycles. The van der Waals surface area contributed by atoms with Crippen molar-refractivity contribution in [2.24, 2.45) is 5.73 Å². The summed E-state index contributed by atoms with van der Waals surface area (Å²) in [5.74, 6) is 0.551. The normalized spacial score (nSPS) is 10.3. The van der Waals surface area contributed by atoms with E-state index in [4.69, 9.17) is 21.8 Å². The van der Waals surface area contributed by atoms with Crippen molar-refractivity contribution in [1.82, 2.24) is 5.32 Å². The highest BCUT2D eigenvalue weighted by molar-refractivity contribution is 6.31. The minimum atomic E-state index is -0.283. The van der Waals surface area contributed by atoms with Gasteiger partial charge in [-0.2, -0.15) is 0 Å². The highest BCUT2D eigenvalue weighted by atomic mass is 35.5. The highest BCUT2D eigenvalue weighted by Crippen LogP contribution is 2.14. The van der Waals surface area contributed by atoms with Crippen molar-refractivity contribution in [3.05, 3.63) is 58.5 Å². The maximum atomic E-state index is 11.8. The molecule has 0 aliphatic carbocycles. The van der Waals surface area contributed by atoms with Crippen LogP contribution >= 0.6 is 11.6 Å². The van der Waals surface area contributed by atoms with Gasteiger partial charge in [-0.25, -0.2) is 0 Å². The second-order valence-corrected chi connectivity index (χ2v) is 4.15.